The average Bonchev–Trinajstić information content (AvgIpc) is 2.69. The number of carbonyl (C=O) groups excluding carboxylic acids is 1. The Morgan fingerprint density at radius 3 is 2.59 bits per heavy atom. The first kappa shape index (κ1) is 19.8. The van der Waals surface area contributed by atoms with E-state index in [0.717, 1.165) is 38.8 Å². The minimum absolute atomic E-state index is 0.0630. The molecule has 2 aromatic rings. The number of likely N-dealkylation sites (tertiary alicyclic amines) is 1. The summed E-state index contributed by atoms with van der Waals surface area (Å²) in [6.07, 6.45) is 3.57. The molecule has 0 radical (unpaired) electrons. The molecule has 0 spiro atoms. The van der Waals surface area contributed by atoms with Crippen LogP contribution in [-0.4, -0.2) is 30.4 Å². The lowest BCUT2D eigenvalue weighted by molar-refractivity contribution is -0.126. The summed E-state index contributed by atoms with van der Waals surface area (Å²) in [4.78, 5) is 14.6. The standard InChI is InChI=1S/C22H26ClFN2O/c23-20-9-8-19(21(24)15-20)16-26-13-10-18(11-14-26)22(27)25-12-4-7-17-5-2-1-3-6-17/h1-3,5-6,8-9,15,18H,4,7,10-14,16H2,(H,25,27). The maximum atomic E-state index is 13.9. The zero-order chi connectivity index (χ0) is 19.1. The van der Waals surface area contributed by atoms with Crippen LogP contribution in [0, 0.1) is 11.7 Å². The highest BCUT2D eigenvalue weighted by Crippen LogP contribution is 2.21. The molecule has 0 aromatic heterocycles. The van der Waals surface area contributed by atoms with Crippen molar-refractivity contribution in [3.05, 3.63) is 70.5 Å². The van der Waals surface area contributed by atoms with Crippen LogP contribution in [-0.2, 0) is 17.8 Å². The first-order valence-electron chi connectivity index (χ1n) is 9.60. The van der Waals surface area contributed by atoms with E-state index in [2.05, 4.69) is 22.3 Å². The number of piperidine rings is 1. The predicted octanol–water partition coefficient (Wildman–Crippen LogP) is 4.44. The molecule has 1 saturated heterocycles. The number of hydrogen-bond acceptors (Lipinski definition) is 2. The summed E-state index contributed by atoms with van der Waals surface area (Å²) in [7, 11) is 0. The molecule has 2 aromatic carbocycles. The monoisotopic (exact) mass is 388 g/mol. The van der Waals surface area contributed by atoms with E-state index in [1.165, 1.54) is 11.6 Å². The molecule has 1 aliphatic rings. The third-order valence-electron chi connectivity index (χ3n) is 5.15. The van der Waals surface area contributed by atoms with Gasteiger partial charge in [-0.05, 0) is 56.5 Å². The van der Waals surface area contributed by atoms with Crippen LogP contribution in [0.3, 0.4) is 0 Å². The minimum atomic E-state index is -0.263. The van der Waals surface area contributed by atoms with Crippen molar-refractivity contribution in [3.63, 3.8) is 0 Å². The van der Waals surface area contributed by atoms with Gasteiger partial charge in [0, 0.05) is 29.6 Å². The van der Waals surface area contributed by atoms with Crippen molar-refractivity contribution in [2.24, 2.45) is 5.92 Å². The van der Waals surface area contributed by atoms with Crippen LogP contribution in [0.5, 0.6) is 0 Å². The fourth-order valence-electron chi connectivity index (χ4n) is 3.54. The van der Waals surface area contributed by atoms with Gasteiger partial charge >= 0.3 is 0 Å². The van der Waals surface area contributed by atoms with Crippen LogP contribution in [0.2, 0.25) is 5.02 Å². The summed E-state index contributed by atoms with van der Waals surface area (Å²) >= 11 is 5.80. The van der Waals surface area contributed by atoms with E-state index < -0.39 is 0 Å². The maximum absolute atomic E-state index is 13.9. The van der Waals surface area contributed by atoms with Gasteiger partial charge in [-0.3, -0.25) is 9.69 Å². The lowest BCUT2D eigenvalue weighted by Crippen LogP contribution is -2.40. The Morgan fingerprint density at radius 1 is 1.15 bits per heavy atom. The Bertz CT molecular complexity index is 745. The normalized spacial score (nSPS) is 15.6. The van der Waals surface area contributed by atoms with E-state index in [9.17, 15) is 9.18 Å². The van der Waals surface area contributed by atoms with Gasteiger partial charge in [-0.15, -0.1) is 0 Å². The van der Waals surface area contributed by atoms with Gasteiger partial charge in [0.1, 0.15) is 5.82 Å². The number of nitrogens with one attached hydrogen (secondary N) is 1. The topological polar surface area (TPSA) is 32.3 Å². The van der Waals surface area contributed by atoms with Gasteiger partial charge in [-0.1, -0.05) is 48.0 Å². The first-order valence-corrected chi connectivity index (χ1v) is 9.97. The van der Waals surface area contributed by atoms with Crippen molar-refractivity contribution in [2.75, 3.05) is 19.6 Å². The highest BCUT2D eigenvalue weighted by atomic mass is 35.5. The lowest BCUT2D eigenvalue weighted by atomic mass is 9.95. The number of benzene rings is 2. The van der Waals surface area contributed by atoms with E-state index in [1.54, 1.807) is 12.1 Å². The summed E-state index contributed by atoms with van der Waals surface area (Å²) in [5, 5.41) is 3.49. The van der Waals surface area contributed by atoms with E-state index >= 15 is 0 Å². The van der Waals surface area contributed by atoms with Gasteiger partial charge in [-0.25, -0.2) is 4.39 Å². The van der Waals surface area contributed by atoms with Crippen molar-refractivity contribution >= 4 is 17.5 Å². The molecule has 0 bridgehead atoms. The molecule has 5 heteroatoms. The van der Waals surface area contributed by atoms with Crippen molar-refractivity contribution in [1.82, 2.24) is 10.2 Å². The van der Waals surface area contributed by atoms with Crippen LogP contribution >= 0.6 is 11.6 Å². The van der Waals surface area contributed by atoms with Gasteiger partial charge in [0.05, 0.1) is 0 Å². The number of rotatable bonds is 7. The Morgan fingerprint density at radius 2 is 1.89 bits per heavy atom. The lowest BCUT2D eigenvalue weighted by Gasteiger charge is -2.31. The molecule has 0 aliphatic carbocycles. The van der Waals surface area contributed by atoms with Gasteiger partial charge in [0.2, 0.25) is 5.91 Å². The third kappa shape index (κ3) is 6.05. The zero-order valence-electron chi connectivity index (χ0n) is 15.5. The fraction of sp³-hybridized carbons (Fsp3) is 0.409. The molecular formula is C22H26ClFN2O. The second-order valence-electron chi connectivity index (χ2n) is 7.17. The van der Waals surface area contributed by atoms with Gasteiger partial charge in [-0.2, -0.15) is 0 Å². The number of nitrogens with zero attached hydrogens (tertiary/aromatic N) is 1. The molecule has 0 unspecified atom stereocenters. The van der Waals surface area contributed by atoms with Crippen LogP contribution in [0.1, 0.15) is 30.4 Å². The average molecular weight is 389 g/mol. The van der Waals surface area contributed by atoms with Crippen LogP contribution in [0.15, 0.2) is 48.5 Å². The summed E-state index contributed by atoms with van der Waals surface area (Å²) in [6, 6.07) is 15.1. The predicted molar refractivity (Wildman–Crippen MR) is 107 cm³/mol. The Hall–Kier alpha value is -1.91. The van der Waals surface area contributed by atoms with Crippen molar-refractivity contribution in [1.29, 1.82) is 0 Å². The third-order valence-corrected chi connectivity index (χ3v) is 5.39. The number of hydrogen-bond donors (Lipinski definition) is 1. The second kappa shape index (κ2) is 9.86. The second-order valence-corrected chi connectivity index (χ2v) is 7.60. The Balaban J connectivity index is 1.36. The van der Waals surface area contributed by atoms with E-state index in [0.29, 0.717) is 23.7 Å². The molecule has 27 heavy (non-hydrogen) atoms. The van der Waals surface area contributed by atoms with Gasteiger partial charge < -0.3 is 5.32 Å². The highest BCUT2D eigenvalue weighted by molar-refractivity contribution is 6.30. The van der Waals surface area contributed by atoms with Crippen molar-refractivity contribution in [2.45, 2.75) is 32.2 Å². The van der Waals surface area contributed by atoms with Crippen LogP contribution in [0.25, 0.3) is 0 Å². The molecule has 144 valence electrons. The number of aryl methyl sites for hydroxylation is 1. The molecule has 1 aliphatic heterocycles. The highest BCUT2D eigenvalue weighted by Gasteiger charge is 2.25. The molecule has 0 saturated carbocycles. The zero-order valence-corrected chi connectivity index (χ0v) is 16.2. The van der Waals surface area contributed by atoms with Crippen molar-refractivity contribution < 1.29 is 9.18 Å². The number of amides is 1. The Kier molecular flexibility index (Phi) is 7.25. The first-order chi connectivity index (χ1) is 13.1. The Labute approximate surface area is 165 Å². The SMILES string of the molecule is O=C(NCCCc1ccccc1)C1CCN(Cc2ccc(Cl)cc2F)CC1. The summed E-state index contributed by atoms with van der Waals surface area (Å²) in [5.74, 6) is -0.0470. The maximum Gasteiger partial charge on any atom is 0.223 e. The molecule has 3 nitrogen and oxygen atoms in total. The fourth-order valence-corrected chi connectivity index (χ4v) is 3.70. The molecule has 0 atom stereocenters. The number of carbonyl (C=O) groups is 1. The van der Waals surface area contributed by atoms with Gasteiger partial charge in [0.15, 0.2) is 0 Å². The van der Waals surface area contributed by atoms with Crippen molar-refractivity contribution in [3.8, 4) is 0 Å². The molecule has 1 N–H and O–H groups in total. The summed E-state index contributed by atoms with van der Waals surface area (Å²) in [5.41, 5.74) is 1.96. The quantitative estimate of drug-likeness (QED) is 0.711. The summed E-state index contributed by atoms with van der Waals surface area (Å²) < 4.78 is 13.9. The molecular weight excluding hydrogens is 363 g/mol. The number of halogens is 2. The van der Waals surface area contributed by atoms with Crippen LogP contribution < -0.4 is 5.32 Å². The molecule has 1 heterocycles. The summed E-state index contributed by atoms with van der Waals surface area (Å²) in [6.45, 7) is 2.90. The molecule has 1 amide bonds. The van der Waals surface area contributed by atoms with E-state index in [1.807, 2.05) is 18.2 Å². The van der Waals surface area contributed by atoms with E-state index in [4.69, 9.17) is 11.6 Å². The molecule has 3 rings (SSSR count). The largest absolute Gasteiger partial charge is 0.356 e. The molecule has 1 fully saturated rings. The van der Waals surface area contributed by atoms with Gasteiger partial charge in [0.25, 0.3) is 0 Å². The minimum Gasteiger partial charge on any atom is -0.356 e. The van der Waals surface area contributed by atoms with E-state index in [-0.39, 0.29) is 17.6 Å². The smallest absolute Gasteiger partial charge is 0.223 e. The van der Waals surface area contributed by atoms with Crippen LogP contribution in [0.4, 0.5) is 4.39 Å².